The summed E-state index contributed by atoms with van der Waals surface area (Å²) in [4.78, 5) is 14.6. The molecule has 0 aliphatic carbocycles. The van der Waals surface area contributed by atoms with Gasteiger partial charge in [0.1, 0.15) is 5.60 Å². The van der Waals surface area contributed by atoms with Crippen LogP contribution in [-0.4, -0.2) is 56.3 Å². The Kier molecular flexibility index (Phi) is 6.80. The molecule has 0 aromatic carbocycles. The molecule has 1 amide bonds. The number of carbonyl (C=O) groups is 1. The number of carbonyl (C=O) groups excluding carboxylic acids is 1. The lowest BCUT2D eigenvalue weighted by molar-refractivity contribution is -0.0115. The molecule has 2 atom stereocenters. The third-order valence-electron chi connectivity index (χ3n) is 5.20. The highest BCUT2D eigenvalue weighted by atomic mass is 28.4. The second-order valence-electron chi connectivity index (χ2n) is 9.93. The summed E-state index contributed by atoms with van der Waals surface area (Å²) < 4.78 is 17.9. The molecule has 1 fully saturated rings. The third-order valence-corrected chi connectivity index (χ3v) is 9.74. The fraction of sp³-hybridized carbons (Fsp3) is 0.947. The molecule has 1 saturated heterocycles. The van der Waals surface area contributed by atoms with Crippen LogP contribution in [0.15, 0.2) is 0 Å². The minimum atomic E-state index is -1.89. The predicted molar refractivity (Wildman–Crippen MR) is 105 cm³/mol. The molecule has 0 bridgehead atoms. The van der Waals surface area contributed by atoms with Gasteiger partial charge in [-0.25, -0.2) is 4.79 Å². The van der Waals surface area contributed by atoms with Gasteiger partial charge in [-0.1, -0.05) is 20.8 Å². The number of likely N-dealkylation sites (tertiary alicyclic amines) is 1. The highest BCUT2D eigenvalue weighted by Gasteiger charge is 2.49. The van der Waals surface area contributed by atoms with E-state index in [0.29, 0.717) is 19.8 Å². The van der Waals surface area contributed by atoms with Crippen LogP contribution in [-0.2, 0) is 13.9 Å². The minimum absolute atomic E-state index is 0.0267. The van der Waals surface area contributed by atoms with Gasteiger partial charge < -0.3 is 13.9 Å². The molecule has 25 heavy (non-hydrogen) atoms. The van der Waals surface area contributed by atoms with Crippen molar-refractivity contribution < 1.29 is 18.7 Å². The van der Waals surface area contributed by atoms with Crippen molar-refractivity contribution in [3.8, 4) is 0 Å². The Hall–Kier alpha value is -0.593. The van der Waals surface area contributed by atoms with E-state index < -0.39 is 19.5 Å². The maximum atomic E-state index is 12.8. The number of amides is 1. The average Bonchev–Trinajstić information content (AvgIpc) is 2.70. The van der Waals surface area contributed by atoms with Crippen LogP contribution in [0.2, 0.25) is 18.1 Å². The van der Waals surface area contributed by atoms with Crippen molar-refractivity contribution >= 4 is 14.4 Å². The largest absolute Gasteiger partial charge is 0.444 e. The van der Waals surface area contributed by atoms with Gasteiger partial charge in [0.15, 0.2) is 8.32 Å². The van der Waals surface area contributed by atoms with Crippen LogP contribution in [0, 0.1) is 0 Å². The maximum Gasteiger partial charge on any atom is 0.410 e. The molecule has 0 aromatic heterocycles. The van der Waals surface area contributed by atoms with Crippen LogP contribution in [0.25, 0.3) is 0 Å². The first-order valence-corrected chi connectivity index (χ1v) is 12.3. The third kappa shape index (κ3) is 5.96. The summed E-state index contributed by atoms with van der Waals surface area (Å²) in [5, 5.41) is 0.142. The summed E-state index contributed by atoms with van der Waals surface area (Å²) in [7, 11) is -1.89. The Morgan fingerprint density at radius 2 is 1.76 bits per heavy atom. The number of nitrogens with zero attached hydrogens (tertiary/aromatic N) is 1. The maximum absolute atomic E-state index is 12.8. The fourth-order valence-corrected chi connectivity index (χ4v) is 4.18. The van der Waals surface area contributed by atoms with Crippen LogP contribution in [0.4, 0.5) is 4.79 Å². The number of rotatable bonds is 5. The number of hydrogen-bond donors (Lipinski definition) is 0. The van der Waals surface area contributed by atoms with E-state index in [9.17, 15) is 4.79 Å². The topological polar surface area (TPSA) is 48.0 Å². The van der Waals surface area contributed by atoms with E-state index in [1.54, 1.807) is 0 Å². The zero-order valence-corrected chi connectivity index (χ0v) is 19.0. The first kappa shape index (κ1) is 22.4. The fourth-order valence-electron chi connectivity index (χ4n) is 2.83. The highest BCUT2D eigenvalue weighted by Crippen LogP contribution is 2.41. The van der Waals surface area contributed by atoms with Gasteiger partial charge in [-0.05, 0) is 59.2 Å². The first-order valence-electron chi connectivity index (χ1n) is 9.37. The molecular formula is C19H39NO4Si. The lowest BCUT2D eigenvalue weighted by Crippen LogP contribution is -2.50. The Labute approximate surface area is 155 Å². The zero-order valence-electron chi connectivity index (χ0n) is 18.0. The molecule has 0 saturated carbocycles. The van der Waals surface area contributed by atoms with E-state index in [-0.39, 0.29) is 17.2 Å². The highest BCUT2D eigenvalue weighted by molar-refractivity contribution is 6.74. The molecule has 5 nitrogen and oxygen atoms in total. The van der Waals surface area contributed by atoms with Gasteiger partial charge in [-0.3, -0.25) is 4.90 Å². The lowest BCUT2D eigenvalue weighted by Gasteiger charge is -2.38. The molecule has 1 rings (SSSR count). The van der Waals surface area contributed by atoms with Crippen molar-refractivity contribution in [3.05, 3.63) is 0 Å². The summed E-state index contributed by atoms with van der Waals surface area (Å²) >= 11 is 0. The van der Waals surface area contributed by atoms with Crippen molar-refractivity contribution in [1.29, 1.82) is 0 Å². The van der Waals surface area contributed by atoms with Crippen LogP contribution in [0.5, 0.6) is 0 Å². The van der Waals surface area contributed by atoms with Crippen LogP contribution in [0.1, 0.15) is 61.8 Å². The van der Waals surface area contributed by atoms with Crippen molar-refractivity contribution in [3.63, 3.8) is 0 Å². The molecule has 0 radical (unpaired) electrons. The van der Waals surface area contributed by atoms with Gasteiger partial charge in [0.05, 0.1) is 18.2 Å². The van der Waals surface area contributed by atoms with Gasteiger partial charge >= 0.3 is 6.09 Å². The summed E-state index contributed by atoms with van der Waals surface area (Å²) in [5.41, 5.74) is -0.909. The van der Waals surface area contributed by atoms with E-state index in [2.05, 4.69) is 40.8 Å². The second-order valence-corrected chi connectivity index (χ2v) is 14.7. The molecular weight excluding hydrogens is 334 g/mol. The van der Waals surface area contributed by atoms with E-state index in [4.69, 9.17) is 13.9 Å². The second kappa shape index (κ2) is 7.57. The monoisotopic (exact) mass is 373 g/mol. The van der Waals surface area contributed by atoms with E-state index in [1.165, 1.54) is 0 Å². The average molecular weight is 374 g/mol. The molecule has 0 aromatic rings. The van der Waals surface area contributed by atoms with E-state index in [1.807, 2.05) is 32.6 Å². The molecule has 1 heterocycles. The Morgan fingerprint density at radius 1 is 1.20 bits per heavy atom. The molecule has 148 valence electrons. The number of ether oxygens (including phenoxy) is 2. The summed E-state index contributed by atoms with van der Waals surface area (Å²) in [6.45, 7) is 22.6. The van der Waals surface area contributed by atoms with Gasteiger partial charge in [-0.15, -0.1) is 0 Å². The molecule has 0 unspecified atom stereocenters. The molecule has 0 N–H and O–H groups in total. The van der Waals surface area contributed by atoms with Gasteiger partial charge in [0.25, 0.3) is 0 Å². The molecule has 1 aliphatic heterocycles. The first-order chi connectivity index (χ1) is 11.1. The number of hydrogen-bond acceptors (Lipinski definition) is 4. The van der Waals surface area contributed by atoms with Crippen molar-refractivity contribution in [2.75, 3.05) is 19.8 Å². The van der Waals surface area contributed by atoms with Gasteiger partial charge in [0.2, 0.25) is 0 Å². The summed E-state index contributed by atoms with van der Waals surface area (Å²) in [6.07, 6.45) is 0.522. The van der Waals surface area contributed by atoms with Crippen LogP contribution in [0.3, 0.4) is 0 Å². The van der Waals surface area contributed by atoms with Crippen molar-refractivity contribution in [1.82, 2.24) is 4.90 Å². The SMILES string of the molecule is CCOC[C@]1(C)C[C@@H](O[Si](C)(C)C(C)(C)C)CN1C(=O)OC(C)(C)C. The molecule has 0 spiro atoms. The van der Waals surface area contributed by atoms with Crippen molar-refractivity contribution in [2.24, 2.45) is 0 Å². The van der Waals surface area contributed by atoms with Crippen LogP contribution >= 0.6 is 0 Å². The smallest absolute Gasteiger partial charge is 0.410 e. The van der Waals surface area contributed by atoms with Crippen LogP contribution < -0.4 is 0 Å². The van der Waals surface area contributed by atoms with Gasteiger partial charge in [0, 0.05) is 13.2 Å². The Balaban J connectivity index is 2.96. The van der Waals surface area contributed by atoms with E-state index in [0.717, 1.165) is 6.42 Å². The Morgan fingerprint density at radius 3 is 2.20 bits per heavy atom. The van der Waals surface area contributed by atoms with Gasteiger partial charge in [-0.2, -0.15) is 0 Å². The standard InChI is InChI=1S/C19H39NO4Si/c1-11-22-14-19(8)12-15(24-25(9,10)18(5,6)7)13-20(19)16(21)23-17(2,3)4/h15H,11-14H2,1-10H3/t15-,19+/m1/s1. The predicted octanol–water partition coefficient (Wildman–Crippen LogP) is 4.81. The minimum Gasteiger partial charge on any atom is -0.444 e. The molecule has 6 heteroatoms. The quantitative estimate of drug-likeness (QED) is 0.649. The summed E-state index contributed by atoms with van der Waals surface area (Å²) in [6, 6.07) is 0. The molecule has 1 aliphatic rings. The lowest BCUT2D eigenvalue weighted by atomic mass is 10.00. The summed E-state index contributed by atoms with van der Waals surface area (Å²) in [5.74, 6) is 0. The zero-order chi connectivity index (χ0) is 19.7. The van der Waals surface area contributed by atoms with E-state index >= 15 is 0 Å². The Bertz CT molecular complexity index is 467. The van der Waals surface area contributed by atoms with Crippen molar-refractivity contribution in [2.45, 2.75) is 97.2 Å². The normalized spacial score (nSPS) is 25.4.